The fourth-order valence-electron chi connectivity index (χ4n) is 2.34. The summed E-state index contributed by atoms with van der Waals surface area (Å²) in [6.07, 6.45) is 7.51. The second-order valence-electron chi connectivity index (χ2n) is 7.12. The first kappa shape index (κ1) is 25.1. The molecule has 1 amide bonds. The maximum absolute atomic E-state index is 11.5. The molecule has 0 unspecified atom stereocenters. The molecule has 0 atom stereocenters. The van der Waals surface area contributed by atoms with E-state index in [0.29, 0.717) is 7.15 Å². The van der Waals surface area contributed by atoms with Gasteiger partial charge in [-0.2, -0.15) is 0 Å². The van der Waals surface area contributed by atoms with Crippen molar-refractivity contribution in [1.82, 2.24) is 10.2 Å². The zero-order valence-electron chi connectivity index (χ0n) is 16.9. The normalized spacial score (nSPS) is 16.8. The van der Waals surface area contributed by atoms with E-state index in [9.17, 15) is 9.50 Å². The van der Waals surface area contributed by atoms with E-state index in [0.717, 1.165) is 25.9 Å². The van der Waals surface area contributed by atoms with E-state index >= 15 is 0 Å². The van der Waals surface area contributed by atoms with Crippen LogP contribution in [0, 0.1) is 0 Å². The Morgan fingerprint density at radius 1 is 1.04 bits per heavy atom. The average molecular weight is 369 g/mol. The number of hydrogen-bond acceptors (Lipinski definition) is 6. The molecule has 7 nitrogen and oxygen atoms in total. The Morgan fingerprint density at radius 3 is 2.00 bits per heavy atom. The number of carbonyl (C=O) groups is 1. The summed E-state index contributed by atoms with van der Waals surface area (Å²) in [7, 11) is 1.97. The van der Waals surface area contributed by atoms with Gasteiger partial charge in [0.05, 0.1) is 0 Å². The van der Waals surface area contributed by atoms with Crippen LogP contribution in [0.3, 0.4) is 0 Å². The van der Waals surface area contributed by atoms with E-state index in [2.05, 4.69) is 15.0 Å². The van der Waals surface area contributed by atoms with Crippen molar-refractivity contribution < 1.29 is 23.9 Å². The van der Waals surface area contributed by atoms with E-state index in [1.54, 1.807) is 11.7 Å². The Balaban J connectivity index is 0.000000404. The minimum absolute atomic E-state index is 0.00958. The van der Waals surface area contributed by atoms with Gasteiger partial charge in [0, 0.05) is 13.1 Å². The molecule has 2 aliphatic heterocycles. The summed E-state index contributed by atoms with van der Waals surface area (Å²) in [5.74, 6) is 0. The molecule has 2 saturated heterocycles. The monoisotopic (exact) mass is 369 g/mol. The zero-order chi connectivity index (χ0) is 19.7. The van der Waals surface area contributed by atoms with Crippen LogP contribution in [0.25, 0.3) is 0 Å². The summed E-state index contributed by atoms with van der Waals surface area (Å²) in [6.45, 7) is 11.6. The van der Waals surface area contributed by atoms with Crippen molar-refractivity contribution in [3.8, 4) is 0 Å². The van der Waals surface area contributed by atoms with Gasteiger partial charge in [-0.05, 0) is 66.0 Å². The quantitative estimate of drug-likeness (QED) is 0.356. The van der Waals surface area contributed by atoms with Gasteiger partial charge in [0.1, 0.15) is 5.60 Å². The number of likely N-dealkylation sites (tertiary alicyclic amines) is 1. The molecule has 2 heterocycles. The van der Waals surface area contributed by atoms with Gasteiger partial charge >= 0.3 is 48.5 Å². The van der Waals surface area contributed by atoms with Crippen LogP contribution in [-0.2, 0) is 19.1 Å². The van der Waals surface area contributed by atoms with Gasteiger partial charge in [0.15, 0.2) is 0 Å². The summed E-state index contributed by atoms with van der Waals surface area (Å²) in [5.41, 5.74) is -0.367. The van der Waals surface area contributed by atoms with E-state index in [1.165, 1.54) is 46.3 Å². The Labute approximate surface area is 160 Å². The fourth-order valence-corrected chi connectivity index (χ4v) is 2.34. The molecule has 0 saturated carbocycles. The summed E-state index contributed by atoms with van der Waals surface area (Å²) in [4.78, 5) is 21.7. The molecule has 0 aromatic heterocycles. The summed E-state index contributed by atoms with van der Waals surface area (Å²) in [5, 5.41) is 3.28. The number of hydrogen-bond donors (Lipinski definition) is 1. The molecule has 2 aliphatic rings. The van der Waals surface area contributed by atoms with Crippen LogP contribution in [-0.4, -0.2) is 63.9 Å². The number of nitrogens with one attached hydrogen (secondary N) is 1. The first-order chi connectivity index (χ1) is 12.4. The van der Waals surface area contributed by atoms with Gasteiger partial charge in [-0.25, -0.2) is 4.79 Å². The Morgan fingerprint density at radius 2 is 1.62 bits per heavy atom. The second-order valence-corrected chi connectivity index (χ2v) is 7.12. The fraction of sp³-hybridized carbons (Fsp3) is 0.941. The average Bonchev–Trinajstić information content (AvgIpc) is 2.64. The third kappa shape index (κ3) is 16.5. The maximum atomic E-state index is 11.5. The Bertz CT molecular complexity index is 346. The zero-order valence-corrected chi connectivity index (χ0v) is 16.9. The molecule has 0 aromatic carbocycles. The van der Waals surface area contributed by atoms with E-state index in [1.807, 2.05) is 20.8 Å². The summed E-state index contributed by atoms with van der Waals surface area (Å²) in [6, 6.07) is 0. The molecule has 149 valence electrons. The standard InChI is InChI=1S/C10H19NO2.C5H11N.C2H5B2O3/c1-10(2,3)13-9(12)11-7-5-4-6-8-11;1-2-4-6-5-3-1;1-3-7-6-2-4-5/h4-8H2,1-3H3;6H,1-5H2;2H2,1H3. The number of carbonyl (C=O) groups excluding carboxylic acids is 1. The van der Waals surface area contributed by atoms with Gasteiger partial charge in [-0.1, -0.05) is 6.42 Å². The number of piperidine rings is 2. The molecular weight excluding hydrogens is 334 g/mol. The third-order valence-corrected chi connectivity index (χ3v) is 3.52. The molecule has 9 heteroatoms. The molecule has 0 aliphatic carbocycles. The molecule has 2 rings (SSSR count). The van der Waals surface area contributed by atoms with Gasteiger partial charge in [0.25, 0.3) is 0 Å². The van der Waals surface area contributed by atoms with Crippen molar-refractivity contribution in [1.29, 1.82) is 0 Å². The first-order valence-corrected chi connectivity index (χ1v) is 9.59. The minimum atomic E-state index is -0.367. The molecule has 2 fully saturated rings. The second kappa shape index (κ2) is 16.3. The van der Waals surface area contributed by atoms with E-state index in [4.69, 9.17) is 4.74 Å². The van der Waals surface area contributed by atoms with Crippen LogP contribution in [0.5, 0.6) is 0 Å². The van der Waals surface area contributed by atoms with Gasteiger partial charge in [-0.15, -0.1) is 0 Å². The van der Waals surface area contributed by atoms with Crippen LogP contribution in [0.4, 0.5) is 4.79 Å². The molecule has 0 spiro atoms. The van der Waals surface area contributed by atoms with Crippen molar-refractivity contribution in [2.45, 2.75) is 71.7 Å². The van der Waals surface area contributed by atoms with Crippen molar-refractivity contribution in [3.63, 3.8) is 0 Å². The predicted molar refractivity (Wildman–Crippen MR) is 103 cm³/mol. The summed E-state index contributed by atoms with van der Waals surface area (Å²) < 4.78 is 14.7. The number of rotatable bonds is 4. The third-order valence-electron chi connectivity index (χ3n) is 3.52. The van der Waals surface area contributed by atoms with Crippen molar-refractivity contribution >= 4 is 20.7 Å². The number of ether oxygens (including phenoxy) is 1. The summed E-state index contributed by atoms with van der Waals surface area (Å²) >= 11 is 0. The van der Waals surface area contributed by atoms with Crippen LogP contribution in [0.15, 0.2) is 0 Å². The Hall–Kier alpha value is -0.920. The number of amides is 1. The molecule has 1 radical (unpaired) electrons. The molecule has 1 N–H and O–H groups in total. The molecule has 0 bridgehead atoms. The van der Waals surface area contributed by atoms with Crippen molar-refractivity contribution in [2.75, 3.05) is 32.7 Å². The van der Waals surface area contributed by atoms with E-state index < -0.39 is 0 Å². The van der Waals surface area contributed by atoms with Crippen molar-refractivity contribution in [2.24, 2.45) is 0 Å². The van der Waals surface area contributed by atoms with Gasteiger partial charge < -0.3 is 15.0 Å². The molecule has 26 heavy (non-hydrogen) atoms. The first-order valence-electron chi connectivity index (χ1n) is 9.59. The predicted octanol–water partition coefficient (Wildman–Crippen LogP) is 2.78. The SMILES string of the molecule is C1CCNCC1.CC(C)(C)OC(=O)N1CCCCC1.C[B]OOCB=O. The van der Waals surface area contributed by atoms with Crippen molar-refractivity contribution in [3.05, 3.63) is 0 Å². The van der Waals surface area contributed by atoms with Gasteiger partial charge in [0.2, 0.25) is 0 Å². The van der Waals surface area contributed by atoms with E-state index in [-0.39, 0.29) is 18.2 Å². The topological polar surface area (TPSA) is 77.1 Å². The number of nitrogens with zero attached hydrogens (tertiary/aromatic N) is 1. The molecular formula is C17H35B2N2O5. The van der Waals surface area contributed by atoms with Crippen LogP contribution in [0.1, 0.15) is 59.3 Å². The van der Waals surface area contributed by atoms with Crippen LogP contribution in [0.2, 0.25) is 6.82 Å². The van der Waals surface area contributed by atoms with Gasteiger partial charge in [-0.3, -0.25) is 0 Å². The van der Waals surface area contributed by atoms with Crippen LogP contribution < -0.4 is 5.32 Å². The molecule has 0 aromatic rings. The Kier molecular flexibility index (Phi) is 15.7. The van der Waals surface area contributed by atoms with Crippen LogP contribution >= 0.6 is 0 Å².